The summed E-state index contributed by atoms with van der Waals surface area (Å²) in [5, 5.41) is 4.13. The predicted molar refractivity (Wildman–Crippen MR) is 164 cm³/mol. The lowest BCUT2D eigenvalue weighted by Crippen LogP contribution is -2.00. The highest BCUT2D eigenvalue weighted by molar-refractivity contribution is 6.14. The molecule has 8 rings (SSSR count). The molecule has 5 aromatic carbocycles. The summed E-state index contributed by atoms with van der Waals surface area (Å²) in [5.41, 5.74) is 6.34. The molecule has 0 fully saturated rings. The van der Waals surface area contributed by atoms with E-state index in [4.69, 9.17) is 19.4 Å². The summed E-state index contributed by atoms with van der Waals surface area (Å²) >= 11 is 0. The Labute approximate surface area is 235 Å². The van der Waals surface area contributed by atoms with E-state index in [0.29, 0.717) is 23.2 Å². The van der Waals surface area contributed by atoms with Gasteiger partial charge in [-0.1, -0.05) is 109 Å². The van der Waals surface area contributed by atoms with Crippen LogP contribution in [0.2, 0.25) is 0 Å². The van der Waals surface area contributed by atoms with Crippen molar-refractivity contribution in [1.82, 2.24) is 19.9 Å². The summed E-state index contributed by atoms with van der Waals surface area (Å²) in [5.74, 6) is 1.79. The topological polar surface area (TPSA) is 64.7 Å². The first-order valence-electron chi connectivity index (χ1n) is 13.5. The monoisotopic (exact) mass is 526 g/mol. The smallest absolute Gasteiger partial charge is 0.228 e. The Morgan fingerprint density at radius 1 is 0.463 bits per heavy atom. The van der Waals surface area contributed by atoms with Gasteiger partial charge >= 0.3 is 0 Å². The van der Waals surface area contributed by atoms with E-state index in [-0.39, 0.29) is 0 Å². The highest BCUT2D eigenvalue weighted by Crippen LogP contribution is 2.37. The van der Waals surface area contributed by atoms with Crippen LogP contribution in [0.3, 0.4) is 0 Å². The van der Waals surface area contributed by atoms with Gasteiger partial charge in [-0.3, -0.25) is 0 Å². The standard InChI is InChI=1S/C36H22N4O/c1-3-9-23(10-4-1)24-15-17-26(18-16-24)34-38-33(25-11-5-2-6-12-25)39-35(40-34)29-19-20-37-36-32(29)30-21-27-13-7-8-14-28(27)22-31(30)41-36/h1-22H. The van der Waals surface area contributed by atoms with Crippen molar-refractivity contribution in [2.24, 2.45) is 0 Å². The minimum absolute atomic E-state index is 0.559. The van der Waals surface area contributed by atoms with Crippen LogP contribution in [0.25, 0.3) is 78.1 Å². The molecule has 192 valence electrons. The average molecular weight is 527 g/mol. The summed E-state index contributed by atoms with van der Waals surface area (Å²) < 4.78 is 6.23. The first-order chi connectivity index (χ1) is 20.3. The number of nitrogens with zero attached hydrogens (tertiary/aromatic N) is 4. The van der Waals surface area contributed by atoms with Crippen LogP contribution < -0.4 is 0 Å². The van der Waals surface area contributed by atoms with Crippen molar-refractivity contribution >= 4 is 32.8 Å². The zero-order chi connectivity index (χ0) is 27.2. The van der Waals surface area contributed by atoms with Crippen LogP contribution in [0.1, 0.15) is 0 Å². The number of benzene rings is 5. The van der Waals surface area contributed by atoms with Crippen LogP contribution in [-0.2, 0) is 0 Å². The lowest BCUT2D eigenvalue weighted by Gasteiger charge is -2.10. The van der Waals surface area contributed by atoms with Crippen LogP contribution in [0.4, 0.5) is 0 Å². The molecule has 0 aliphatic rings. The summed E-state index contributed by atoms with van der Waals surface area (Å²) in [4.78, 5) is 19.4. The number of hydrogen-bond donors (Lipinski definition) is 0. The third kappa shape index (κ3) is 4.12. The zero-order valence-corrected chi connectivity index (χ0v) is 21.9. The molecule has 41 heavy (non-hydrogen) atoms. The number of pyridine rings is 1. The summed E-state index contributed by atoms with van der Waals surface area (Å²) in [6, 6.07) is 43.1. The Hall–Kier alpha value is -5.68. The van der Waals surface area contributed by atoms with Gasteiger partial charge in [0.2, 0.25) is 5.71 Å². The molecule has 0 saturated carbocycles. The number of hydrogen-bond acceptors (Lipinski definition) is 5. The van der Waals surface area contributed by atoms with Crippen molar-refractivity contribution in [3.8, 4) is 45.3 Å². The fourth-order valence-corrected chi connectivity index (χ4v) is 5.35. The highest BCUT2D eigenvalue weighted by atomic mass is 16.3. The SMILES string of the molecule is c1ccc(-c2ccc(-c3nc(-c4ccccc4)nc(-c4ccnc5oc6cc7ccccc7cc6c45)n3)cc2)cc1. The van der Waals surface area contributed by atoms with Crippen molar-refractivity contribution in [2.75, 3.05) is 0 Å². The summed E-state index contributed by atoms with van der Waals surface area (Å²) in [6.45, 7) is 0. The molecule has 0 aliphatic heterocycles. The molecule has 0 spiro atoms. The van der Waals surface area contributed by atoms with Crippen LogP contribution in [0.5, 0.6) is 0 Å². The number of aromatic nitrogens is 4. The largest absolute Gasteiger partial charge is 0.438 e. The molecule has 0 unspecified atom stereocenters. The van der Waals surface area contributed by atoms with Crippen LogP contribution in [0, 0.1) is 0 Å². The second-order valence-corrected chi connectivity index (χ2v) is 9.95. The van der Waals surface area contributed by atoms with Crippen molar-refractivity contribution in [3.05, 3.63) is 134 Å². The molecule has 5 nitrogen and oxygen atoms in total. The van der Waals surface area contributed by atoms with Gasteiger partial charge in [0.15, 0.2) is 17.5 Å². The van der Waals surface area contributed by atoms with Gasteiger partial charge in [-0.25, -0.2) is 19.9 Å². The Bertz CT molecular complexity index is 2190. The van der Waals surface area contributed by atoms with Gasteiger partial charge in [-0.2, -0.15) is 0 Å². The lowest BCUT2D eigenvalue weighted by atomic mass is 10.0. The summed E-state index contributed by atoms with van der Waals surface area (Å²) in [6.07, 6.45) is 1.75. The van der Waals surface area contributed by atoms with E-state index in [9.17, 15) is 0 Å². The predicted octanol–water partition coefficient (Wildman–Crippen LogP) is 8.99. The fraction of sp³-hybridized carbons (Fsp3) is 0. The Morgan fingerprint density at radius 3 is 1.71 bits per heavy atom. The molecule has 3 heterocycles. The molecule has 0 N–H and O–H groups in total. The van der Waals surface area contributed by atoms with Crippen LogP contribution in [0.15, 0.2) is 138 Å². The minimum atomic E-state index is 0.559. The molecule has 0 saturated heterocycles. The normalized spacial score (nSPS) is 11.4. The Kier molecular flexibility index (Phi) is 5.38. The average Bonchev–Trinajstić information content (AvgIpc) is 3.42. The molecular weight excluding hydrogens is 504 g/mol. The van der Waals surface area contributed by atoms with Gasteiger partial charge in [-0.15, -0.1) is 0 Å². The van der Waals surface area contributed by atoms with E-state index in [1.165, 1.54) is 5.56 Å². The number of furan rings is 1. The van der Waals surface area contributed by atoms with Crippen molar-refractivity contribution in [2.45, 2.75) is 0 Å². The van der Waals surface area contributed by atoms with Gasteiger partial charge in [0.05, 0.1) is 5.39 Å². The third-order valence-corrected chi connectivity index (χ3v) is 7.40. The van der Waals surface area contributed by atoms with Crippen molar-refractivity contribution in [1.29, 1.82) is 0 Å². The van der Waals surface area contributed by atoms with E-state index in [1.807, 2.05) is 66.7 Å². The highest BCUT2D eigenvalue weighted by Gasteiger charge is 2.19. The van der Waals surface area contributed by atoms with E-state index in [1.54, 1.807) is 6.20 Å². The maximum absolute atomic E-state index is 6.23. The first kappa shape index (κ1) is 23.2. The van der Waals surface area contributed by atoms with Crippen molar-refractivity contribution < 1.29 is 4.42 Å². The maximum Gasteiger partial charge on any atom is 0.228 e. The van der Waals surface area contributed by atoms with Crippen LogP contribution >= 0.6 is 0 Å². The number of fused-ring (bicyclic) bond motifs is 4. The lowest BCUT2D eigenvalue weighted by molar-refractivity contribution is 0.654. The van der Waals surface area contributed by atoms with Gasteiger partial charge < -0.3 is 4.42 Å². The second-order valence-electron chi connectivity index (χ2n) is 9.95. The van der Waals surface area contributed by atoms with Crippen LogP contribution in [-0.4, -0.2) is 19.9 Å². The third-order valence-electron chi connectivity index (χ3n) is 7.40. The molecule has 5 heteroatoms. The van der Waals surface area contributed by atoms with Gasteiger partial charge in [0, 0.05) is 28.3 Å². The molecule has 0 bridgehead atoms. The van der Waals surface area contributed by atoms with Crippen molar-refractivity contribution in [3.63, 3.8) is 0 Å². The van der Waals surface area contributed by atoms with Gasteiger partial charge in [0.25, 0.3) is 0 Å². The van der Waals surface area contributed by atoms with E-state index < -0.39 is 0 Å². The molecular formula is C36H22N4O. The first-order valence-corrected chi connectivity index (χ1v) is 13.5. The molecule has 3 aromatic heterocycles. The zero-order valence-electron chi connectivity index (χ0n) is 21.9. The minimum Gasteiger partial charge on any atom is -0.438 e. The van der Waals surface area contributed by atoms with E-state index in [2.05, 4.69) is 65.6 Å². The Morgan fingerprint density at radius 2 is 1.00 bits per heavy atom. The van der Waals surface area contributed by atoms with Gasteiger partial charge in [-0.05, 0) is 40.1 Å². The molecule has 0 atom stereocenters. The molecule has 8 aromatic rings. The number of rotatable bonds is 4. The quantitative estimate of drug-likeness (QED) is 0.229. The van der Waals surface area contributed by atoms with E-state index >= 15 is 0 Å². The molecule has 0 amide bonds. The van der Waals surface area contributed by atoms with Gasteiger partial charge in [0.1, 0.15) is 5.58 Å². The summed E-state index contributed by atoms with van der Waals surface area (Å²) in [7, 11) is 0. The molecule has 0 radical (unpaired) electrons. The fourth-order valence-electron chi connectivity index (χ4n) is 5.35. The Balaban J connectivity index is 1.34. The second kappa shape index (κ2) is 9.50. The molecule has 0 aliphatic carbocycles. The maximum atomic E-state index is 6.23. The van der Waals surface area contributed by atoms with E-state index in [0.717, 1.165) is 49.4 Å².